The molecular formula is C18H23FN2O3. The summed E-state index contributed by atoms with van der Waals surface area (Å²) in [5, 5.41) is 0. The molecule has 0 aromatic carbocycles. The highest BCUT2D eigenvalue weighted by atomic mass is 19.1. The van der Waals surface area contributed by atoms with Gasteiger partial charge in [-0.3, -0.25) is 9.59 Å². The molecule has 0 bridgehead atoms. The van der Waals surface area contributed by atoms with Crippen molar-refractivity contribution in [2.75, 3.05) is 26.2 Å². The third kappa shape index (κ3) is 2.72. The van der Waals surface area contributed by atoms with Crippen LogP contribution in [0.3, 0.4) is 0 Å². The van der Waals surface area contributed by atoms with Crippen molar-refractivity contribution in [3.8, 4) is 0 Å². The Kier molecular flexibility index (Phi) is 3.85. The van der Waals surface area contributed by atoms with E-state index in [2.05, 4.69) is 0 Å². The van der Waals surface area contributed by atoms with Crippen LogP contribution >= 0.6 is 0 Å². The number of furan rings is 1. The number of carbonyl (C=O) groups is 2. The minimum atomic E-state index is -0.799. The molecular weight excluding hydrogens is 311 g/mol. The van der Waals surface area contributed by atoms with Crippen LogP contribution in [0.1, 0.15) is 42.7 Å². The van der Waals surface area contributed by atoms with E-state index in [0.717, 1.165) is 32.4 Å². The molecule has 1 aliphatic carbocycles. The summed E-state index contributed by atoms with van der Waals surface area (Å²) in [4.78, 5) is 28.7. The number of hydrogen-bond donors (Lipinski definition) is 0. The normalized spacial score (nSPS) is 32.9. The number of alkyl halides is 1. The number of carbonyl (C=O) groups excluding carboxylic acids is 2. The largest absolute Gasteiger partial charge is 0.459 e. The molecule has 6 heteroatoms. The number of rotatable bonds is 2. The molecule has 1 spiro atoms. The fourth-order valence-electron chi connectivity index (χ4n) is 4.40. The van der Waals surface area contributed by atoms with Crippen LogP contribution in [0.25, 0.3) is 0 Å². The topological polar surface area (TPSA) is 53.8 Å². The van der Waals surface area contributed by atoms with Gasteiger partial charge in [-0.2, -0.15) is 0 Å². The quantitative estimate of drug-likeness (QED) is 0.835. The fourth-order valence-corrected chi connectivity index (χ4v) is 4.40. The second-order valence-corrected chi connectivity index (χ2v) is 7.58. The van der Waals surface area contributed by atoms with Gasteiger partial charge in [0, 0.05) is 37.5 Å². The van der Waals surface area contributed by atoms with Crippen LogP contribution in [0.15, 0.2) is 22.8 Å². The number of likely N-dealkylation sites (tertiary alicyclic amines) is 2. The lowest BCUT2D eigenvalue weighted by atomic mass is 9.79. The van der Waals surface area contributed by atoms with Crippen molar-refractivity contribution in [1.82, 2.24) is 9.80 Å². The van der Waals surface area contributed by atoms with Crippen LogP contribution in [-0.4, -0.2) is 54.0 Å². The summed E-state index contributed by atoms with van der Waals surface area (Å²) in [6, 6.07) is 3.41. The Balaban J connectivity index is 1.40. The Bertz CT molecular complexity index is 626. The molecule has 0 N–H and O–H groups in total. The molecule has 1 aromatic heterocycles. The summed E-state index contributed by atoms with van der Waals surface area (Å²) < 4.78 is 18.2. The van der Waals surface area contributed by atoms with E-state index in [-0.39, 0.29) is 23.1 Å². The van der Waals surface area contributed by atoms with Crippen molar-refractivity contribution in [2.45, 2.75) is 38.3 Å². The van der Waals surface area contributed by atoms with E-state index < -0.39 is 6.17 Å². The number of amides is 2. The molecule has 3 aliphatic rings. The first-order valence-corrected chi connectivity index (χ1v) is 8.82. The van der Waals surface area contributed by atoms with Gasteiger partial charge in [-0.25, -0.2) is 4.39 Å². The zero-order valence-electron chi connectivity index (χ0n) is 13.7. The van der Waals surface area contributed by atoms with E-state index in [1.807, 2.05) is 9.80 Å². The van der Waals surface area contributed by atoms with E-state index >= 15 is 0 Å². The first-order valence-electron chi connectivity index (χ1n) is 8.82. The highest BCUT2D eigenvalue weighted by Crippen LogP contribution is 2.41. The van der Waals surface area contributed by atoms with Crippen LogP contribution in [0.2, 0.25) is 0 Å². The van der Waals surface area contributed by atoms with E-state index in [9.17, 15) is 14.0 Å². The van der Waals surface area contributed by atoms with E-state index in [4.69, 9.17) is 4.42 Å². The molecule has 2 amide bonds. The number of hydrogen-bond acceptors (Lipinski definition) is 3. The van der Waals surface area contributed by atoms with Crippen LogP contribution in [0.5, 0.6) is 0 Å². The summed E-state index contributed by atoms with van der Waals surface area (Å²) >= 11 is 0. The summed E-state index contributed by atoms with van der Waals surface area (Å²) in [5.74, 6) is 0.291. The predicted molar refractivity (Wildman–Crippen MR) is 85.1 cm³/mol. The van der Waals surface area contributed by atoms with Crippen molar-refractivity contribution >= 4 is 11.8 Å². The molecule has 3 fully saturated rings. The smallest absolute Gasteiger partial charge is 0.289 e. The van der Waals surface area contributed by atoms with Crippen LogP contribution in [-0.2, 0) is 4.79 Å². The van der Waals surface area contributed by atoms with Gasteiger partial charge in [0.1, 0.15) is 6.17 Å². The maximum absolute atomic E-state index is 13.0. The first kappa shape index (κ1) is 15.7. The zero-order chi connectivity index (χ0) is 16.7. The second kappa shape index (κ2) is 5.90. The third-order valence-electron chi connectivity index (χ3n) is 5.86. The lowest BCUT2D eigenvalue weighted by Crippen LogP contribution is -2.48. The van der Waals surface area contributed by atoms with Crippen molar-refractivity contribution in [2.24, 2.45) is 11.3 Å². The van der Waals surface area contributed by atoms with E-state index in [0.29, 0.717) is 31.7 Å². The van der Waals surface area contributed by atoms with Gasteiger partial charge in [0.15, 0.2) is 5.76 Å². The molecule has 0 unspecified atom stereocenters. The third-order valence-corrected chi connectivity index (χ3v) is 5.86. The maximum atomic E-state index is 13.0. The Labute approximate surface area is 140 Å². The monoisotopic (exact) mass is 334 g/mol. The minimum absolute atomic E-state index is 0.00493. The molecule has 24 heavy (non-hydrogen) atoms. The molecule has 2 saturated heterocycles. The van der Waals surface area contributed by atoms with Crippen molar-refractivity contribution in [3.05, 3.63) is 24.2 Å². The second-order valence-electron chi connectivity index (χ2n) is 7.58. The standard InChI is InChI=1S/C18H23FN2O3/c19-14-9-13(10-14)16(22)21-7-5-18(12-21)4-2-6-20(11-18)17(23)15-3-1-8-24-15/h1,3,8,13-14H,2,4-7,9-12H2/t13?,14?,18-/m1/s1. The summed E-state index contributed by atoms with van der Waals surface area (Å²) in [6.45, 7) is 2.84. The highest BCUT2D eigenvalue weighted by Gasteiger charge is 2.46. The van der Waals surface area contributed by atoms with Gasteiger partial charge in [-0.05, 0) is 44.2 Å². The number of halogens is 1. The van der Waals surface area contributed by atoms with Gasteiger partial charge in [0.2, 0.25) is 5.91 Å². The van der Waals surface area contributed by atoms with Crippen LogP contribution < -0.4 is 0 Å². The van der Waals surface area contributed by atoms with Crippen LogP contribution in [0.4, 0.5) is 4.39 Å². The summed E-state index contributed by atoms with van der Waals surface area (Å²) in [7, 11) is 0. The molecule has 1 atom stereocenters. The van der Waals surface area contributed by atoms with Crippen molar-refractivity contribution < 1.29 is 18.4 Å². The highest BCUT2D eigenvalue weighted by molar-refractivity contribution is 5.91. The van der Waals surface area contributed by atoms with Gasteiger partial charge in [-0.1, -0.05) is 0 Å². The van der Waals surface area contributed by atoms with Gasteiger partial charge >= 0.3 is 0 Å². The van der Waals surface area contributed by atoms with Crippen molar-refractivity contribution in [1.29, 1.82) is 0 Å². The lowest BCUT2D eigenvalue weighted by molar-refractivity contribution is -0.139. The Hall–Kier alpha value is -1.85. The molecule has 4 rings (SSSR count). The molecule has 5 nitrogen and oxygen atoms in total. The Morgan fingerprint density at radius 2 is 1.96 bits per heavy atom. The number of nitrogens with zero attached hydrogens (tertiary/aromatic N) is 2. The Morgan fingerprint density at radius 3 is 2.67 bits per heavy atom. The number of piperidine rings is 1. The van der Waals surface area contributed by atoms with Crippen molar-refractivity contribution in [3.63, 3.8) is 0 Å². The van der Waals surface area contributed by atoms with Gasteiger partial charge in [0.25, 0.3) is 5.91 Å². The molecule has 1 saturated carbocycles. The molecule has 1 aromatic rings. The van der Waals surface area contributed by atoms with Gasteiger partial charge in [-0.15, -0.1) is 0 Å². The molecule has 2 aliphatic heterocycles. The lowest BCUT2D eigenvalue weighted by Gasteiger charge is -2.40. The molecule has 3 heterocycles. The predicted octanol–water partition coefficient (Wildman–Crippen LogP) is 2.48. The average molecular weight is 334 g/mol. The summed E-state index contributed by atoms with van der Waals surface area (Å²) in [6.07, 6.45) is 4.38. The maximum Gasteiger partial charge on any atom is 0.289 e. The van der Waals surface area contributed by atoms with E-state index in [1.165, 1.54) is 6.26 Å². The molecule has 0 radical (unpaired) electrons. The first-order chi connectivity index (χ1) is 11.6. The summed E-state index contributed by atoms with van der Waals surface area (Å²) in [5.41, 5.74) is -0.00493. The zero-order valence-corrected chi connectivity index (χ0v) is 13.7. The fraction of sp³-hybridized carbons (Fsp3) is 0.667. The van der Waals surface area contributed by atoms with E-state index in [1.54, 1.807) is 12.1 Å². The van der Waals surface area contributed by atoms with Crippen LogP contribution in [0, 0.1) is 11.3 Å². The van der Waals surface area contributed by atoms with Gasteiger partial charge in [0.05, 0.1) is 6.26 Å². The minimum Gasteiger partial charge on any atom is -0.459 e. The molecule has 130 valence electrons. The SMILES string of the molecule is O=C(c1ccco1)N1CCC[C@@]2(CCN(C(=O)C3CC(F)C3)C2)C1. The Morgan fingerprint density at radius 1 is 1.17 bits per heavy atom. The van der Waals surface area contributed by atoms with Gasteiger partial charge < -0.3 is 14.2 Å². The average Bonchev–Trinajstić information content (AvgIpc) is 3.21.